The van der Waals surface area contributed by atoms with E-state index in [2.05, 4.69) is 52.3 Å². The van der Waals surface area contributed by atoms with Gasteiger partial charge in [-0.3, -0.25) is 4.98 Å². The van der Waals surface area contributed by atoms with Gasteiger partial charge in [0.1, 0.15) is 0 Å². The van der Waals surface area contributed by atoms with Crippen LogP contribution < -0.4 is 14.4 Å². The van der Waals surface area contributed by atoms with Crippen LogP contribution in [0, 0.1) is 0 Å². The Kier molecular flexibility index (Phi) is 7.62. The zero-order chi connectivity index (χ0) is 22.2. The van der Waals surface area contributed by atoms with Crippen LogP contribution in [0.5, 0.6) is 11.5 Å². The van der Waals surface area contributed by atoms with Crippen LogP contribution in [-0.2, 0) is 13.0 Å². The van der Waals surface area contributed by atoms with Crippen LogP contribution in [0.2, 0.25) is 0 Å². The van der Waals surface area contributed by atoms with Gasteiger partial charge in [0.15, 0.2) is 11.5 Å². The molecule has 1 N–H and O–H groups in total. The van der Waals surface area contributed by atoms with Gasteiger partial charge in [-0.25, -0.2) is 0 Å². The maximum absolute atomic E-state index is 9.12. The molecule has 0 atom stereocenters. The van der Waals surface area contributed by atoms with Crippen molar-refractivity contribution in [1.29, 1.82) is 0 Å². The lowest BCUT2D eigenvalue weighted by Gasteiger charge is -2.27. The van der Waals surface area contributed by atoms with E-state index in [4.69, 9.17) is 14.6 Å². The quantitative estimate of drug-likeness (QED) is 0.447. The Balaban J connectivity index is 1.65. The second-order valence-corrected chi connectivity index (χ2v) is 8.30. The predicted molar refractivity (Wildman–Crippen MR) is 128 cm³/mol. The molecular formula is C27H32N2O3. The van der Waals surface area contributed by atoms with E-state index in [1.54, 1.807) is 13.3 Å². The summed E-state index contributed by atoms with van der Waals surface area (Å²) >= 11 is 0. The Labute approximate surface area is 190 Å². The van der Waals surface area contributed by atoms with Crippen LogP contribution in [0.1, 0.15) is 43.2 Å². The molecule has 1 heterocycles. The molecule has 0 unspecified atom stereocenters. The van der Waals surface area contributed by atoms with Gasteiger partial charge in [-0.2, -0.15) is 0 Å². The molecule has 4 rings (SSSR count). The number of methoxy groups -OCH3 is 1. The summed E-state index contributed by atoms with van der Waals surface area (Å²) in [5.74, 6) is 1.56. The lowest BCUT2D eigenvalue weighted by molar-refractivity contribution is 0.201. The SMILES string of the molecule is COc1ccc(N(Cc2cccnc2)c2ccc(CCCO)cc2)cc1OC1CCCC1. The van der Waals surface area contributed by atoms with E-state index in [9.17, 15) is 0 Å². The number of hydrogen-bond donors (Lipinski definition) is 1. The molecule has 2 aromatic carbocycles. The molecular weight excluding hydrogens is 400 g/mol. The van der Waals surface area contributed by atoms with Gasteiger partial charge in [-0.15, -0.1) is 0 Å². The van der Waals surface area contributed by atoms with Crippen molar-refractivity contribution in [1.82, 2.24) is 4.98 Å². The molecule has 1 aliphatic carbocycles. The fourth-order valence-corrected chi connectivity index (χ4v) is 4.24. The number of aromatic nitrogens is 1. The number of pyridine rings is 1. The third-order valence-electron chi connectivity index (χ3n) is 5.99. The van der Waals surface area contributed by atoms with Crippen LogP contribution in [0.3, 0.4) is 0 Å². The Morgan fingerprint density at radius 1 is 0.969 bits per heavy atom. The van der Waals surface area contributed by atoms with Gasteiger partial charge in [0.25, 0.3) is 0 Å². The molecule has 5 heteroatoms. The monoisotopic (exact) mass is 432 g/mol. The molecule has 0 saturated heterocycles. The highest BCUT2D eigenvalue weighted by Gasteiger charge is 2.20. The van der Waals surface area contributed by atoms with Crippen molar-refractivity contribution >= 4 is 11.4 Å². The van der Waals surface area contributed by atoms with E-state index in [-0.39, 0.29) is 12.7 Å². The van der Waals surface area contributed by atoms with Gasteiger partial charge >= 0.3 is 0 Å². The summed E-state index contributed by atoms with van der Waals surface area (Å²) in [6.45, 7) is 0.906. The Morgan fingerprint density at radius 3 is 2.44 bits per heavy atom. The first-order chi connectivity index (χ1) is 15.8. The lowest BCUT2D eigenvalue weighted by atomic mass is 10.1. The Bertz CT molecular complexity index is 970. The van der Waals surface area contributed by atoms with Crippen LogP contribution in [0.15, 0.2) is 67.0 Å². The average Bonchev–Trinajstić information content (AvgIpc) is 3.35. The maximum Gasteiger partial charge on any atom is 0.163 e. The zero-order valence-corrected chi connectivity index (χ0v) is 18.7. The van der Waals surface area contributed by atoms with Crippen LogP contribution >= 0.6 is 0 Å². The van der Waals surface area contributed by atoms with E-state index in [1.165, 1.54) is 18.4 Å². The minimum Gasteiger partial charge on any atom is -0.493 e. The smallest absolute Gasteiger partial charge is 0.163 e. The number of rotatable bonds is 10. The number of ether oxygens (including phenoxy) is 2. The van der Waals surface area contributed by atoms with Crippen LogP contribution in [0.4, 0.5) is 11.4 Å². The molecule has 5 nitrogen and oxygen atoms in total. The molecule has 1 fully saturated rings. The minimum absolute atomic E-state index is 0.213. The number of nitrogens with zero attached hydrogens (tertiary/aromatic N) is 2. The third kappa shape index (κ3) is 5.60. The molecule has 0 spiro atoms. The summed E-state index contributed by atoms with van der Waals surface area (Å²) in [7, 11) is 1.69. The van der Waals surface area contributed by atoms with Crippen molar-refractivity contribution in [3.05, 3.63) is 78.1 Å². The molecule has 168 valence electrons. The summed E-state index contributed by atoms with van der Waals surface area (Å²) in [4.78, 5) is 6.56. The first-order valence-corrected chi connectivity index (χ1v) is 11.5. The molecule has 0 radical (unpaired) electrons. The third-order valence-corrected chi connectivity index (χ3v) is 5.99. The van der Waals surface area contributed by atoms with E-state index in [0.29, 0.717) is 6.54 Å². The topological polar surface area (TPSA) is 54.8 Å². The van der Waals surface area contributed by atoms with Gasteiger partial charge in [0.05, 0.1) is 13.2 Å². The highest BCUT2D eigenvalue weighted by atomic mass is 16.5. The van der Waals surface area contributed by atoms with Gasteiger partial charge in [0.2, 0.25) is 0 Å². The summed E-state index contributed by atoms with van der Waals surface area (Å²) < 4.78 is 11.9. The Morgan fingerprint density at radius 2 is 1.75 bits per heavy atom. The molecule has 3 aromatic rings. The van der Waals surface area contributed by atoms with Gasteiger partial charge in [-0.05, 0) is 80.0 Å². The van der Waals surface area contributed by atoms with Crippen molar-refractivity contribution in [3.63, 3.8) is 0 Å². The summed E-state index contributed by atoms with van der Waals surface area (Å²) in [6, 6.07) is 18.8. The molecule has 1 aliphatic rings. The number of hydrogen-bond acceptors (Lipinski definition) is 5. The van der Waals surface area contributed by atoms with Crippen molar-refractivity contribution in [2.24, 2.45) is 0 Å². The van der Waals surface area contributed by atoms with Crippen LogP contribution in [0.25, 0.3) is 0 Å². The van der Waals surface area contributed by atoms with Crippen molar-refractivity contribution in [2.75, 3.05) is 18.6 Å². The van der Waals surface area contributed by atoms with Crippen molar-refractivity contribution in [3.8, 4) is 11.5 Å². The molecule has 1 aromatic heterocycles. The second-order valence-electron chi connectivity index (χ2n) is 8.30. The summed E-state index contributed by atoms with van der Waals surface area (Å²) in [6.07, 6.45) is 10.3. The molecule has 0 amide bonds. The first kappa shape index (κ1) is 22.2. The standard InChI is InChI=1S/C27H32N2O3/c1-31-26-15-14-24(18-27(26)32-25-8-2-3-9-25)29(20-22-6-4-16-28-19-22)23-12-10-21(11-13-23)7-5-17-30/h4,6,10-16,18-19,25,30H,2-3,5,7-9,17,20H2,1H3. The van der Waals surface area contributed by atoms with Crippen molar-refractivity contribution < 1.29 is 14.6 Å². The normalized spacial score (nSPS) is 13.8. The Hall–Kier alpha value is -3.05. The highest BCUT2D eigenvalue weighted by Crippen LogP contribution is 2.37. The van der Waals surface area contributed by atoms with E-state index >= 15 is 0 Å². The number of aryl methyl sites for hydroxylation is 1. The number of aliphatic hydroxyl groups excluding tert-OH is 1. The lowest BCUT2D eigenvalue weighted by Crippen LogP contribution is -2.17. The fraction of sp³-hybridized carbons (Fsp3) is 0.370. The average molecular weight is 433 g/mol. The highest BCUT2D eigenvalue weighted by molar-refractivity contribution is 5.67. The first-order valence-electron chi connectivity index (χ1n) is 11.5. The largest absolute Gasteiger partial charge is 0.493 e. The number of aliphatic hydroxyl groups is 1. The van der Waals surface area contributed by atoms with Crippen LogP contribution in [-0.4, -0.2) is 29.9 Å². The van der Waals surface area contributed by atoms with Crippen molar-refractivity contribution in [2.45, 2.75) is 51.2 Å². The molecule has 1 saturated carbocycles. The second kappa shape index (κ2) is 11.0. The maximum atomic E-state index is 9.12. The van der Waals surface area contributed by atoms with E-state index in [1.807, 2.05) is 18.3 Å². The van der Waals surface area contributed by atoms with Gasteiger partial charge in [-0.1, -0.05) is 18.2 Å². The summed E-state index contributed by atoms with van der Waals surface area (Å²) in [5.41, 5.74) is 4.50. The van der Waals surface area contributed by atoms with Gasteiger partial charge < -0.3 is 19.5 Å². The number of anilines is 2. The number of benzene rings is 2. The predicted octanol–water partition coefficient (Wildman–Crippen LogP) is 5.67. The van der Waals surface area contributed by atoms with E-state index in [0.717, 1.165) is 54.1 Å². The molecule has 0 bridgehead atoms. The summed E-state index contributed by atoms with van der Waals surface area (Å²) in [5, 5.41) is 9.12. The zero-order valence-electron chi connectivity index (χ0n) is 18.7. The van der Waals surface area contributed by atoms with E-state index < -0.39 is 0 Å². The fourth-order valence-electron chi connectivity index (χ4n) is 4.24. The minimum atomic E-state index is 0.213. The molecule has 0 aliphatic heterocycles. The molecule has 32 heavy (non-hydrogen) atoms. The van der Waals surface area contributed by atoms with Gasteiger partial charge in [0, 0.05) is 43.0 Å².